The molecule has 0 saturated carbocycles. The molecule has 0 bridgehead atoms. The number of benzene rings is 12. The number of rotatable bonds is 8. The molecule has 0 saturated heterocycles. The number of nitrogens with zero attached hydrogens (tertiary/aromatic N) is 1. The summed E-state index contributed by atoms with van der Waals surface area (Å²) in [6, 6.07) is 94.5. The van der Waals surface area contributed by atoms with Gasteiger partial charge in [-0.2, -0.15) is 0 Å². The summed E-state index contributed by atoms with van der Waals surface area (Å²) in [7, 11) is 0. The summed E-state index contributed by atoms with van der Waals surface area (Å²) in [4.78, 5) is 2.43. The van der Waals surface area contributed by atoms with Crippen LogP contribution in [0.3, 0.4) is 0 Å². The van der Waals surface area contributed by atoms with Gasteiger partial charge in [-0.1, -0.05) is 212 Å². The molecule has 0 aliphatic carbocycles. The number of para-hydroxylation sites is 1. The average Bonchev–Trinajstić information content (AvgIpc) is 3.81. The minimum absolute atomic E-state index is 0.873. The first-order valence-electron chi connectivity index (χ1n) is 23.3. The maximum atomic E-state index is 6.74. The van der Waals surface area contributed by atoms with E-state index >= 15 is 0 Å². The minimum atomic E-state index is 0.873. The van der Waals surface area contributed by atoms with E-state index in [9.17, 15) is 0 Å². The van der Waals surface area contributed by atoms with Crippen molar-refractivity contribution in [2.75, 3.05) is 4.90 Å². The van der Waals surface area contributed by atoms with Gasteiger partial charge in [0.05, 0.1) is 5.69 Å². The van der Waals surface area contributed by atoms with Crippen LogP contribution < -0.4 is 4.90 Å². The molecule has 13 aromatic rings. The summed E-state index contributed by atoms with van der Waals surface area (Å²) in [5, 5.41) is 9.46. The zero-order chi connectivity index (χ0) is 45.0. The first-order chi connectivity index (χ1) is 33.7. The predicted octanol–water partition coefficient (Wildman–Crippen LogP) is 18.9. The van der Waals surface area contributed by atoms with Crippen LogP contribution in [0.4, 0.5) is 17.1 Å². The summed E-state index contributed by atoms with van der Waals surface area (Å²) in [5.74, 6) is 0. The highest BCUT2D eigenvalue weighted by Crippen LogP contribution is 2.48. The Hall–Kier alpha value is -8.98. The molecular weight excluding hydrogens is 823 g/mol. The second kappa shape index (κ2) is 16.5. The molecule has 0 unspecified atom stereocenters. The molecule has 1 aromatic heterocycles. The summed E-state index contributed by atoms with van der Waals surface area (Å²) in [6.45, 7) is 0. The molecule has 68 heavy (non-hydrogen) atoms. The van der Waals surface area contributed by atoms with Crippen LogP contribution >= 0.6 is 0 Å². The fourth-order valence-corrected chi connectivity index (χ4v) is 10.6. The largest absolute Gasteiger partial charge is 0.455 e. The van der Waals surface area contributed by atoms with Crippen molar-refractivity contribution in [1.82, 2.24) is 0 Å². The summed E-state index contributed by atoms with van der Waals surface area (Å²) >= 11 is 0. The third kappa shape index (κ3) is 6.65. The molecule has 0 radical (unpaired) electrons. The molecule has 0 aliphatic heterocycles. The lowest BCUT2D eigenvalue weighted by atomic mass is 9.84. The van der Waals surface area contributed by atoms with Gasteiger partial charge in [-0.15, -0.1) is 0 Å². The molecule has 0 N–H and O–H groups in total. The number of anilines is 3. The molecule has 2 heteroatoms. The average molecular weight is 866 g/mol. The van der Waals surface area contributed by atoms with Crippen LogP contribution in [-0.2, 0) is 0 Å². The van der Waals surface area contributed by atoms with Crippen molar-refractivity contribution in [1.29, 1.82) is 0 Å². The number of fused-ring (bicyclic) bond motifs is 8. The number of hydrogen-bond donors (Lipinski definition) is 0. The molecule has 0 aliphatic rings. The smallest absolute Gasteiger partial charge is 0.143 e. The van der Waals surface area contributed by atoms with Crippen LogP contribution in [0.5, 0.6) is 0 Å². The van der Waals surface area contributed by atoms with Gasteiger partial charge in [-0.05, 0) is 126 Å². The van der Waals surface area contributed by atoms with Crippen molar-refractivity contribution in [2.24, 2.45) is 0 Å². The summed E-state index contributed by atoms with van der Waals surface area (Å²) in [6.07, 6.45) is 0. The fraction of sp³-hybridized carbons (Fsp3) is 0. The highest BCUT2D eigenvalue weighted by molar-refractivity contribution is 6.23. The molecule has 318 valence electrons. The minimum Gasteiger partial charge on any atom is -0.455 e. The van der Waals surface area contributed by atoms with Crippen molar-refractivity contribution < 1.29 is 4.42 Å². The van der Waals surface area contributed by atoms with E-state index in [1.54, 1.807) is 0 Å². The Morgan fingerprint density at radius 1 is 0.279 bits per heavy atom. The van der Waals surface area contributed by atoms with Gasteiger partial charge in [-0.3, -0.25) is 0 Å². The second-order valence-electron chi connectivity index (χ2n) is 17.6. The van der Waals surface area contributed by atoms with Gasteiger partial charge in [0.25, 0.3) is 0 Å². The zero-order valence-electron chi connectivity index (χ0n) is 37.2. The monoisotopic (exact) mass is 865 g/mol. The van der Waals surface area contributed by atoms with Gasteiger partial charge in [-0.25, -0.2) is 0 Å². The van der Waals surface area contributed by atoms with E-state index in [1.165, 1.54) is 49.4 Å². The van der Waals surface area contributed by atoms with E-state index in [0.29, 0.717) is 0 Å². The molecule has 12 aromatic carbocycles. The van der Waals surface area contributed by atoms with Crippen LogP contribution in [0.15, 0.2) is 265 Å². The first-order valence-corrected chi connectivity index (χ1v) is 23.3. The maximum absolute atomic E-state index is 6.74. The van der Waals surface area contributed by atoms with Gasteiger partial charge in [0, 0.05) is 33.1 Å². The molecule has 1 heterocycles. The van der Waals surface area contributed by atoms with Gasteiger partial charge >= 0.3 is 0 Å². The lowest BCUT2D eigenvalue weighted by molar-refractivity contribution is 0.673. The standard InChI is InChI=1S/C66H43NO/c1-4-19-44(20-5-1)48-26-16-28-51(41-48)67(61-35-15-14-32-56(61)58-34-18-36-62-65(58)59-40-37-45-21-10-11-30-53(45)66(59)68-62)52-29-17-27-49(42-52)50-38-39-55-54-31-12-13-33-57(54)63(46-22-6-2-7-23-46)64(60(55)43-50)47-24-8-3-9-25-47/h1-43H. The first kappa shape index (κ1) is 39.4. The van der Waals surface area contributed by atoms with Crippen molar-refractivity contribution in [3.05, 3.63) is 261 Å². The summed E-state index contributed by atoms with van der Waals surface area (Å²) in [5.41, 5.74) is 16.7. The molecule has 0 atom stereocenters. The van der Waals surface area contributed by atoms with Crippen LogP contribution in [0.25, 0.3) is 110 Å². The molecule has 0 spiro atoms. The van der Waals surface area contributed by atoms with Crippen LogP contribution in [-0.4, -0.2) is 0 Å². The van der Waals surface area contributed by atoms with E-state index in [0.717, 1.165) is 77.6 Å². The second-order valence-corrected chi connectivity index (χ2v) is 17.6. The third-order valence-corrected chi connectivity index (χ3v) is 13.6. The van der Waals surface area contributed by atoms with E-state index in [-0.39, 0.29) is 0 Å². The Morgan fingerprint density at radius 2 is 0.779 bits per heavy atom. The quantitative estimate of drug-likeness (QED) is 0.142. The van der Waals surface area contributed by atoms with Gasteiger partial charge in [0.15, 0.2) is 0 Å². The fourth-order valence-electron chi connectivity index (χ4n) is 10.6. The van der Waals surface area contributed by atoms with Crippen molar-refractivity contribution >= 4 is 71.3 Å². The van der Waals surface area contributed by atoms with Gasteiger partial charge in [0.1, 0.15) is 11.2 Å². The zero-order valence-corrected chi connectivity index (χ0v) is 37.2. The Morgan fingerprint density at radius 3 is 1.50 bits per heavy atom. The molecule has 0 fully saturated rings. The highest BCUT2D eigenvalue weighted by atomic mass is 16.3. The predicted molar refractivity (Wildman–Crippen MR) is 288 cm³/mol. The number of hydrogen-bond acceptors (Lipinski definition) is 2. The Balaban J connectivity index is 1.03. The molecule has 2 nitrogen and oxygen atoms in total. The van der Waals surface area contributed by atoms with Crippen molar-refractivity contribution in [3.63, 3.8) is 0 Å². The Bertz CT molecular complexity index is 4020. The lowest BCUT2D eigenvalue weighted by Crippen LogP contribution is -2.11. The van der Waals surface area contributed by atoms with Gasteiger partial charge < -0.3 is 9.32 Å². The third-order valence-electron chi connectivity index (χ3n) is 13.6. The Kier molecular flexibility index (Phi) is 9.54. The Labute approximate surface area is 395 Å². The summed E-state index contributed by atoms with van der Waals surface area (Å²) < 4.78 is 6.74. The topological polar surface area (TPSA) is 16.4 Å². The maximum Gasteiger partial charge on any atom is 0.143 e. The lowest BCUT2D eigenvalue weighted by Gasteiger charge is -2.29. The van der Waals surface area contributed by atoms with Crippen LogP contribution in [0.1, 0.15) is 0 Å². The molecule has 13 rings (SSSR count). The molecular formula is C66H43NO. The van der Waals surface area contributed by atoms with Crippen molar-refractivity contribution in [3.8, 4) is 55.6 Å². The van der Waals surface area contributed by atoms with E-state index in [4.69, 9.17) is 4.42 Å². The normalized spacial score (nSPS) is 11.5. The van der Waals surface area contributed by atoms with Crippen LogP contribution in [0.2, 0.25) is 0 Å². The molecule has 0 amide bonds. The van der Waals surface area contributed by atoms with Gasteiger partial charge in [0.2, 0.25) is 0 Å². The van der Waals surface area contributed by atoms with Crippen LogP contribution in [0, 0.1) is 0 Å². The number of furan rings is 1. The van der Waals surface area contributed by atoms with Crippen molar-refractivity contribution in [2.45, 2.75) is 0 Å². The SMILES string of the molecule is c1ccc(-c2cccc(N(c3cccc(-c4ccc5c(c4)c(-c4ccccc4)c(-c4ccccc4)c4ccccc45)c3)c3ccccc3-c3cccc4oc5c6ccccc6ccc5c34)c2)cc1. The van der Waals surface area contributed by atoms with E-state index in [1.807, 2.05) is 0 Å². The van der Waals surface area contributed by atoms with E-state index in [2.05, 4.69) is 266 Å². The van der Waals surface area contributed by atoms with E-state index < -0.39 is 0 Å². The highest BCUT2D eigenvalue weighted by Gasteiger charge is 2.23.